The minimum absolute atomic E-state index is 0.653. The van der Waals surface area contributed by atoms with Gasteiger partial charge in [-0.3, -0.25) is 4.68 Å². The van der Waals surface area contributed by atoms with E-state index < -0.39 is 0 Å². The van der Waals surface area contributed by atoms with Gasteiger partial charge in [0.25, 0.3) is 0 Å². The summed E-state index contributed by atoms with van der Waals surface area (Å²) in [6, 6.07) is 43.7. The second-order valence-corrected chi connectivity index (χ2v) is 9.73. The van der Waals surface area contributed by atoms with Gasteiger partial charge in [0.05, 0.1) is 5.69 Å². The van der Waals surface area contributed by atoms with E-state index in [1.165, 1.54) is 5.39 Å². The SMILES string of the molecule is Cn1nccc1-c1ccc(-c2ccc3ccc(-c4nc(-c5ccccc5)nc(-c5ccccc5)n4)cc3c2)cc1. The second-order valence-electron chi connectivity index (χ2n) is 9.73. The standard InChI is InChI=1S/C35H25N5/c1-40-32(20-21-36-40)26-16-12-24(13-17-26)29-18-14-25-15-19-30(23-31(25)22-29)35-38-33(27-8-4-2-5-9-27)37-34(39-35)28-10-6-3-7-11-28/h2-23H,1H3. The Kier molecular flexibility index (Phi) is 5.94. The number of aromatic nitrogens is 5. The predicted octanol–water partition coefficient (Wildman–Crippen LogP) is 8.09. The van der Waals surface area contributed by atoms with E-state index in [2.05, 4.69) is 65.8 Å². The van der Waals surface area contributed by atoms with Crippen LogP contribution in [-0.4, -0.2) is 24.7 Å². The first-order valence-corrected chi connectivity index (χ1v) is 13.2. The van der Waals surface area contributed by atoms with Crippen LogP contribution in [0, 0.1) is 0 Å². The van der Waals surface area contributed by atoms with Crippen LogP contribution in [0.2, 0.25) is 0 Å². The smallest absolute Gasteiger partial charge is 0.164 e. The molecule has 40 heavy (non-hydrogen) atoms. The molecule has 2 aromatic heterocycles. The maximum Gasteiger partial charge on any atom is 0.164 e. The normalized spacial score (nSPS) is 11.1. The summed E-state index contributed by atoms with van der Waals surface area (Å²) in [7, 11) is 1.96. The largest absolute Gasteiger partial charge is 0.268 e. The third-order valence-corrected chi connectivity index (χ3v) is 7.13. The first-order valence-electron chi connectivity index (χ1n) is 13.2. The van der Waals surface area contributed by atoms with Gasteiger partial charge < -0.3 is 0 Å². The van der Waals surface area contributed by atoms with E-state index in [4.69, 9.17) is 15.0 Å². The molecular formula is C35H25N5. The van der Waals surface area contributed by atoms with Crippen LogP contribution in [0.25, 0.3) is 67.3 Å². The highest BCUT2D eigenvalue weighted by atomic mass is 15.3. The van der Waals surface area contributed by atoms with E-state index >= 15 is 0 Å². The maximum atomic E-state index is 4.90. The van der Waals surface area contributed by atoms with Crippen molar-refractivity contribution in [1.82, 2.24) is 24.7 Å². The Hall–Kier alpha value is -5.42. The Morgan fingerprint density at radius 1 is 0.425 bits per heavy atom. The first kappa shape index (κ1) is 23.7. The maximum absolute atomic E-state index is 4.90. The molecule has 5 heteroatoms. The van der Waals surface area contributed by atoms with Crippen LogP contribution >= 0.6 is 0 Å². The molecule has 5 aromatic carbocycles. The van der Waals surface area contributed by atoms with E-state index in [1.807, 2.05) is 84.7 Å². The van der Waals surface area contributed by atoms with Gasteiger partial charge in [-0.1, -0.05) is 109 Å². The third kappa shape index (κ3) is 4.54. The molecule has 0 unspecified atom stereocenters. The van der Waals surface area contributed by atoms with Gasteiger partial charge in [0.1, 0.15) is 0 Å². The van der Waals surface area contributed by atoms with Gasteiger partial charge in [-0.05, 0) is 45.7 Å². The van der Waals surface area contributed by atoms with Crippen LogP contribution in [0.4, 0.5) is 0 Å². The summed E-state index contributed by atoms with van der Waals surface area (Å²) >= 11 is 0. The summed E-state index contributed by atoms with van der Waals surface area (Å²) in [4.78, 5) is 14.6. The lowest BCUT2D eigenvalue weighted by molar-refractivity contribution is 0.776. The van der Waals surface area contributed by atoms with Gasteiger partial charge in [-0.15, -0.1) is 0 Å². The van der Waals surface area contributed by atoms with E-state index in [0.717, 1.165) is 44.5 Å². The quantitative estimate of drug-likeness (QED) is 0.232. The predicted molar refractivity (Wildman–Crippen MR) is 161 cm³/mol. The molecule has 190 valence electrons. The zero-order chi connectivity index (χ0) is 26.9. The van der Waals surface area contributed by atoms with Crippen LogP contribution in [-0.2, 0) is 7.05 Å². The minimum atomic E-state index is 0.653. The zero-order valence-corrected chi connectivity index (χ0v) is 21.9. The number of benzene rings is 5. The Bertz CT molecular complexity index is 1880. The molecule has 0 aliphatic heterocycles. The lowest BCUT2D eigenvalue weighted by atomic mass is 9.98. The molecule has 0 bridgehead atoms. The molecule has 0 saturated carbocycles. The number of hydrogen-bond donors (Lipinski definition) is 0. The van der Waals surface area contributed by atoms with Crippen molar-refractivity contribution >= 4 is 10.8 Å². The number of rotatable bonds is 5. The van der Waals surface area contributed by atoms with Crippen molar-refractivity contribution in [2.45, 2.75) is 0 Å². The molecule has 0 spiro atoms. The molecule has 0 fully saturated rings. The molecule has 0 amide bonds. The monoisotopic (exact) mass is 515 g/mol. The van der Waals surface area contributed by atoms with Crippen LogP contribution in [0.5, 0.6) is 0 Å². The molecule has 0 aliphatic rings. The Morgan fingerprint density at radius 2 is 0.925 bits per heavy atom. The minimum Gasteiger partial charge on any atom is -0.268 e. The van der Waals surface area contributed by atoms with E-state index in [9.17, 15) is 0 Å². The number of aryl methyl sites for hydroxylation is 1. The zero-order valence-electron chi connectivity index (χ0n) is 21.9. The number of hydrogen-bond acceptors (Lipinski definition) is 4. The summed E-state index contributed by atoms with van der Waals surface area (Å²) in [5, 5.41) is 6.59. The first-order chi connectivity index (χ1) is 19.7. The molecule has 7 aromatic rings. The molecule has 0 atom stereocenters. The molecular weight excluding hydrogens is 490 g/mol. The third-order valence-electron chi connectivity index (χ3n) is 7.13. The summed E-state index contributed by atoms with van der Waals surface area (Å²) in [6.07, 6.45) is 1.82. The lowest BCUT2D eigenvalue weighted by Gasteiger charge is -2.10. The van der Waals surface area contributed by atoms with Crippen molar-refractivity contribution in [3.05, 3.63) is 134 Å². The fourth-order valence-corrected chi connectivity index (χ4v) is 4.99. The van der Waals surface area contributed by atoms with Gasteiger partial charge in [-0.25, -0.2) is 15.0 Å². The van der Waals surface area contributed by atoms with Crippen molar-refractivity contribution in [2.24, 2.45) is 7.05 Å². The van der Waals surface area contributed by atoms with Crippen molar-refractivity contribution < 1.29 is 0 Å². The van der Waals surface area contributed by atoms with Gasteiger partial charge in [-0.2, -0.15) is 5.10 Å². The van der Waals surface area contributed by atoms with Crippen LogP contribution in [0.1, 0.15) is 0 Å². The molecule has 5 nitrogen and oxygen atoms in total. The Labute approximate surface area is 232 Å². The molecule has 2 heterocycles. The van der Waals surface area contributed by atoms with Crippen LogP contribution < -0.4 is 0 Å². The van der Waals surface area contributed by atoms with E-state index in [-0.39, 0.29) is 0 Å². The Morgan fingerprint density at radius 3 is 1.50 bits per heavy atom. The molecule has 0 N–H and O–H groups in total. The van der Waals surface area contributed by atoms with Gasteiger partial charge in [0, 0.05) is 29.9 Å². The second kappa shape index (κ2) is 10.0. The topological polar surface area (TPSA) is 56.5 Å². The molecule has 0 saturated heterocycles. The molecule has 0 aliphatic carbocycles. The fraction of sp³-hybridized carbons (Fsp3) is 0.0286. The highest BCUT2D eigenvalue weighted by Crippen LogP contribution is 2.30. The highest BCUT2D eigenvalue weighted by molar-refractivity contribution is 5.90. The molecule has 0 radical (unpaired) electrons. The average molecular weight is 516 g/mol. The van der Waals surface area contributed by atoms with Crippen LogP contribution in [0.15, 0.2) is 134 Å². The van der Waals surface area contributed by atoms with Crippen molar-refractivity contribution in [3.8, 4) is 56.5 Å². The van der Waals surface area contributed by atoms with Crippen molar-refractivity contribution in [1.29, 1.82) is 0 Å². The van der Waals surface area contributed by atoms with Crippen LogP contribution in [0.3, 0.4) is 0 Å². The lowest BCUT2D eigenvalue weighted by Crippen LogP contribution is -2.00. The fourth-order valence-electron chi connectivity index (χ4n) is 4.99. The van der Waals surface area contributed by atoms with Crippen molar-refractivity contribution in [2.75, 3.05) is 0 Å². The average Bonchev–Trinajstić information content (AvgIpc) is 3.47. The van der Waals surface area contributed by atoms with E-state index in [0.29, 0.717) is 17.5 Å². The number of fused-ring (bicyclic) bond motifs is 1. The van der Waals surface area contributed by atoms with Gasteiger partial charge in [0.2, 0.25) is 0 Å². The summed E-state index contributed by atoms with van der Waals surface area (Å²) < 4.78 is 1.89. The van der Waals surface area contributed by atoms with Crippen molar-refractivity contribution in [3.63, 3.8) is 0 Å². The number of nitrogens with zero attached hydrogens (tertiary/aromatic N) is 5. The summed E-state index contributed by atoms with van der Waals surface area (Å²) in [5.41, 5.74) is 7.43. The summed E-state index contributed by atoms with van der Waals surface area (Å²) in [5.74, 6) is 1.97. The van der Waals surface area contributed by atoms with Gasteiger partial charge in [0.15, 0.2) is 17.5 Å². The van der Waals surface area contributed by atoms with E-state index in [1.54, 1.807) is 0 Å². The summed E-state index contributed by atoms with van der Waals surface area (Å²) in [6.45, 7) is 0. The highest BCUT2D eigenvalue weighted by Gasteiger charge is 2.13. The van der Waals surface area contributed by atoms with Gasteiger partial charge >= 0.3 is 0 Å². The molecule has 7 rings (SSSR count). The Balaban J connectivity index is 1.30.